The van der Waals surface area contributed by atoms with Crippen LogP contribution in [0.5, 0.6) is 0 Å². The van der Waals surface area contributed by atoms with Gasteiger partial charge in [-0.25, -0.2) is 0 Å². The van der Waals surface area contributed by atoms with Gasteiger partial charge in [0.15, 0.2) is 0 Å². The van der Waals surface area contributed by atoms with Gasteiger partial charge >= 0.3 is 0 Å². The van der Waals surface area contributed by atoms with Crippen molar-refractivity contribution in [1.29, 1.82) is 0 Å². The lowest BCUT2D eigenvalue weighted by Gasteiger charge is -2.34. The molecule has 0 radical (unpaired) electrons. The molecule has 4 rings (SSSR count). The van der Waals surface area contributed by atoms with Gasteiger partial charge in [-0.1, -0.05) is 30.2 Å². The lowest BCUT2D eigenvalue weighted by molar-refractivity contribution is 0.303. The molecule has 0 spiro atoms. The maximum atomic E-state index is 2.43. The third kappa shape index (κ3) is 1.11. The minimum Gasteiger partial charge on any atom is -0.0839 e. The molecule has 0 aromatic carbocycles. The standard InChI is InChI=1S/C16H20/c1-2-8-13-12(7-1)14-9-3-5-11-6-4-10-15(13)16(11)14/h1-2,7,11,13,15H,3-6,8-10H2. The Hall–Kier alpha value is -0.780. The number of hydrogen-bond acceptors (Lipinski definition) is 0. The smallest absolute Gasteiger partial charge is 0.00586 e. The highest BCUT2D eigenvalue weighted by Gasteiger charge is 2.43. The van der Waals surface area contributed by atoms with Crippen molar-refractivity contribution in [2.75, 3.05) is 0 Å². The van der Waals surface area contributed by atoms with Crippen LogP contribution in [0.15, 0.2) is 34.9 Å². The third-order valence-corrected chi connectivity index (χ3v) is 5.27. The maximum Gasteiger partial charge on any atom is -0.00586 e. The van der Waals surface area contributed by atoms with Crippen molar-refractivity contribution in [2.24, 2.45) is 17.8 Å². The minimum absolute atomic E-state index is 0.885. The fraction of sp³-hybridized carbons (Fsp3) is 0.625. The van der Waals surface area contributed by atoms with Crippen LogP contribution in [-0.2, 0) is 0 Å². The first-order valence-corrected chi connectivity index (χ1v) is 7.05. The van der Waals surface area contributed by atoms with Crippen molar-refractivity contribution in [3.8, 4) is 0 Å². The molecule has 0 aromatic rings. The number of hydrogen-bond donors (Lipinski definition) is 0. The Balaban J connectivity index is 1.86. The van der Waals surface area contributed by atoms with Crippen LogP contribution in [0.1, 0.15) is 44.9 Å². The zero-order chi connectivity index (χ0) is 10.5. The van der Waals surface area contributed by atoms with Crippen molar-refractivity contribution < 1.29 is 0 Å². The fourth-order valence-corrected chi connectivity index (χ4v) is 4.72. The van der Waals surface area contributed by atoms with E-state index in [4.69, 9.17) is 0 Å². The molecule has 0 heterocycles. The summed E-state index contributed by atoms with van der Waals surface area (Å²) in [4.78, 5) is 0. The second-order valence-electron chi connectivity index (χ2n) is 5.95. The van der Waals surface area contributed by atoms with Gasteiger partial charge in [0, 0.05) is 0 Å². The fourth-order valence-electron chi connectivity index (χ4n) is 4.72. The highest BCUT2D eigenvalue weighted by atomic mass is 14.5. The van der Waals surface area contributed by atoms with Crippen LogP contribution in [0.4, 0.5) is 0 Å². The summed E-state index contributed by atoms with van der Waals surface area (Å²) >= 11 is 0. The van der Waals surface area contributed by atoms with E-state index < -0.39 is 0 Å². The van der Waals surface area contributed by atoms with E-state index in [1.807, 2.05) is 11.1 Å². The van der Waals surface area contributed by atoms with E-state index in [0.717, 1.165) is 17.8 Å². The quantitative estimate of drug-likeness (QED) is 0.558. The van der Waals surface area contributed by atoms with Crippen molar-refractivity contribution >= 4 is 0 Å². The molecular weight excluding hydrogens is 192 g/mol. The normalized spacial score (nSPS) is 40.5. The predicted octanol–water partition coefficient (Wildman–Crippen LogP) is 4.40. The van der Waals surface area contributed by atoms with Crippen LogP contribution >= 0.6 is 0 Å². The summed E-state index contributed by atoms with van der Waals surface area (Å²) in [5.74, 6) is 2.81. The molecule has 0 saturated heterocycles. The number of rotatable bonds is 0. The van der Waals surface area contributed by atoms with Gasteiger partial charge < -0.3 is 0 Å². The van der Waals surface area contributed by atoms with Crippen molar-refractivity contribution in [3.05, 3.63) is 34.9 Å². The zero-order valence-corrected chi connectivity index (χ0v) is 9.91. The van der Waals surface area contributed by atoms with Crippen LogP contribution in [0.3, 0.4) is 0 Å². The van der Waals surface area contributed by atoms with E-state index in [1.165, 1.54) is 44.9 Å². The summed E-state index contributed by atoms with van der Waals surface area (Å²) in [5.41, 5.74) is 5.49. The van der Waals surface area contributed by atoms with Crippen molar-refractivity contribution in [1.82, 2.24) is 0 Å². The lowest BCUT2D eigenvalue weighted by atomic mass is 9.70. The van der Waals surface area contributed by atoms with Gasteiger partial charge in [0.25, 0.3) is 0 Å². The largest absolute Gasteiger partial charge is 0.0839 e. The van der Waals surface area contributed by atoms with Gasteiger partial charge in [0.2, 0.25) is 0 Å². The summed E-state index contributed by atoms with van der Waals surface area (Å²) in [5, 5.41) is 0. The van der Waals surface area contributed by atoms with Crippen LogP contribution in [-0.4, -0.2) is 0 Å². The molecule has 84 valence electrons. The molecule has 1 fully saturated rings. The van der Waals surface area contributed by atoms with Crippen LogP contribution in [0.2, 0.25) is 0 Å². The van der Waals surface area contributed by atoms with Gasteiger partial charge in [-0.3, -0.25) is 0 Å². The van der Waals surface area contributed by atoms with E-state index in [0.29, 0.717) is 0 Å². The summed E-state index contributed by atoms with van der Waals surface area (Å²) in [6.45, 7) is 0. The molecule has 0 heteroatoms. The topological polar surface area (TPSA) is 0 Å². The molecule has 0 bridgehead atoms. The maximum absolute atomic E-state index is 2.43. The van der Waals surface area contributed by atoms with E-state index >= 15 is 0 Å². The first-order chi connectivity index (χ1) is 7.95. The Morgan fingerprint density at radius 1 is 1.00 bits per heavy atom. The third-order valence-electron chi connectivity index (χ3n) is 5.27. The van der Waals surface area contributed by atoms with Crippen LogP contribution in [0.25, 0.3) is 0 Å². The van der Waals surface area contributed by atoms with Gasteiger partial charge in [0.05, 0.1) is 0 Å². The summed E-state index contributed by atoms with van der Waals surface area (Å²) < 4.78 is 0. The zero-order valence-electron chi connectivity index (χ0n) is 9.91. The molecule has 0 N–H and O–H groups in total. The Kier molecular flexibility index (Phi) is 1.94. The molecule has 3 atom stereocenters. The lowest BCUT2D eigenvalue weighted by Crippen LogP contribution is -2.23. The molecule has 4 aliphatic carbocycles. The molecular formula is C16H20. The molecule has 0 nitrogen and oxygen atoms in total. The second kappa shape index (κ2) is 3.35. The van der Waals surface area contributed by atoms with Crippen molar-refractivity contribution in [3.63, 3.8) is 0 Å². The van der Waals surface area contributed by atoms with Gasteiger partial charge in [0.1, 0.15) is 0 Å². The minimum atomic E-state index is 0.885. The van der Waals surface area contributed by atoms with Crippen molar-refractivity contribution in [2.45, 2.75) is 44.9 Å². The number of fused-ring (bicyclic) bond motifs is 3. The Bertz CT molecular complexity index is 408. The Morgan fingerprint density at radius 2 is 1.94 bits per heavy atom. The Labute approximate surface area is 98.1 Å². The van der Waals surface area contributed by atoms with E-state index in [1.54, 1.807) is 5.57 Å². The van der Waals surface area contributed by atoms with Crippen LogP contribution in [0, 0.1) is 17.8 Å². The average molecular weight is 212 g/mol. The first kappa shape index (κ1) is 9.27. The van der Waals surface area contributed by atoms with E-state index in [2.05, 4.69) is 18.2 Å². The molecule has 3 unspecified atom stereocenters. The Morgan fingerprint density at radius 3 is 2.94 bits per heavy atom. The molecule has 1 saturated carbocycles. The highest BCUT2D eigenvalue weighted by molar-refractivity contribution is 5.50. The molecule has 4 aliphatic rings. The molecule has 16 heavy (non-hydrogen) atoms. The molecule has 0 amide bonds. The van der Waals surface area contributed by atoms with E-state index in [-0.39, 0.29) is 0 Å². The monoisotopic (exact) mass is 212 g/mol. The number of allylic oxidation sites excluding steroid dienone is 6. The predicted molar refractivity (Wildman–Crippen MR) is 67.0 cm³/mol. The molecule has 0 aliphatic heterocycles. The highest BCUT2D eigenvalue weighted by Crippen LogP contribution is 2.56. The molecule has 0 aromatic heterocycles. The second-order valence-corrected chi connectivity index (χ2v) is 5.95. The summed E-state index contributed by atoms with van der Waals surface area (Å²) in [7, 11) is 0. The summed E-state index contributed by atoms with van der Waals surface area (Å²) in [6, 6.07) is 0. The van der Waals surface area contributed by atoms with Gasteiger partial charge in [-0.2, -0.15) is 0 Å². The van der Waals surface area contributed by atoms with Crippen LogP contribution < -0.4 is 0 Å². The van der Waals surface area contributed by atoms with Gasteiger partial charge in [-0.05, 0) is 67.4 Å². The van der Waals surface area contributed by atoms with E-state index in [9.17, 15) is 0 Å². The first-order valence-electron chi connectivity index (χ1n) is 7.05. The van der Waals surface area contributed by atoms with Gasteiger partial charge in [-0.15, -0.1) is 0 Å². The SMILES string of the molecule is C1=CCC2C(=C1)C1=C3C(CCC1)CCCC32. The average Bonchev–Trinajstić information content (AvgIpc) is 2.68. The summed E-state index contributed by atoms with van der Waals surface area (Å²) in [6.07, 6.45) is 17.2.